The Balaban J connectivity index is -0.000000182. The minimum absolute atomic E-state index is 0. The quantitative estimate of drug-likeness (QED) is 0.0195. The zero-order valence-electron chi connectivity index (χ0n) is 41.3. The van der Waals surface area contributed by atoms with Crippen LogP contribution >= 0.6 is 0 Å². The van der Waals surface area contributed by atoms with Gasteiger partial charge in [-0.1, -0.05) is 265 Å². The topological polar surface area (TPSA) is 182 Å². The summed E-state index contributed by atoms with van der Waals surface area (Å²) in [4.78, 5) is 10.3. The van der Waals surface area contributed by atoms with Gasteiger partial charge in [0.1, 0.15) is 6.10 Å². The standard InChI is InChI=1S/C18H36O2.C18H38O.C12H26O4S.C3H8O3.Mg.Na.3H/c1-2-3-4-5-6-7-8-9-10-11-12-13-14-15-16-17-18(19)20;1-2-3-4-5-6-7-8-9-10-11-12-13-14-15-16-17-18-19;1-2-3-4-5-6-7-8-9-10-11-12-16-17(13,14)15;4-1-3(6)2-5;;;;;/h2-17H2,1H3,(H,19,20);19H,2-18H2,1H3;2-12H2,1H3,(H,13,14,15);3-6H,1-2H2;;;;;. The Morgan fingerprint density at radius 2 is 0.641 bits per heavy atom. The Kier molecular flexibility index (Phi) is 84.2. The van der Waals surface area contributed by atoms with Gasteiger partial charge in [0.2, 0.25) is 0 Å². The fraction of sp³-hybridized carbons (Fsp3) is 0.980. The molecule has 64 heavy (non-hydrogen) atoms. The molecule has 0 rings (SSSR count). The average Bonchev–Trinajstić information content (AvgIpc) is 3.25. The fourth-order valence-corrected chi connectivity index (χ4v) is 7.45. The number of carboxylic acids is 1. The van der Waals surface area contributed by atoms with Crippen molar-refractivity contribution in [2.24, 2.45) is 0 Å². The maximum absolute atomic E-state index is 10.3. The molecule has 0 bridgehead atoms. The molecule has 0 saturated carbocycles. The summed E-state index contributed by atoms with van der Waals surface area (Å²) in [5.74, 6) is -0.653. The van der Waals surface area contributed by atoms with Crippen molar-refractivity contribution < 1.29 is 47.5 Å². The third-order valence-electron chi connectivity index (χ3n) is 11.2. The van der Waals surface area contributed by atoms with Gasteiger partial charge in [-0.05, 0) is 19.3 Å². The van der Waals surface area contributed by atoms with Crippen molar-refractivity contribution in [3.05, 3.63) is 0 Å². The van der Waals surface area contributed by atoms with E-state index in [1.807, 2.05) is 0 Å². The summed E-state index contributed by atoms with van der Waals surface area (Å²) in [5.41, 5.74) is 0. The second-order valence-electron chi connectivity index (χ2n) is 17.6. The molecule has 0 atom stereocenters. The van der Waals surface area contributed by atoms with E-state index in [2.05, 4.69) is 25.0 Å². The molecule has 0 spiro atoms. The first-order chi connectivity index (χ1) is 30.1. The Hall–Kier alpha value is 0.946. The van der Waals surface area contributed by atoms with E-state index >= 15 is 0 Å². The Morgan fingerprint density at radius 1 is 0.422 bits per heavy atom. The molecule has 0 aromatic heterocycles. The summed E-state index contributed by atoms with van der Waals surface area (Å²) in [6.07, 6.45) is 53.3. The number of unbranched alkanes of at least 4 members (excludes halogenated alkanes) is 38. The minimum atomic E-state index is -4.23. The van der Waals surface area contributed by atoms with E-state index < -0.39 is 22.5 Å². The van der Waals surface area contributed by atoms with Crippen molar-refractivity contribution >= 4 is 69.0 Å². The summed E-state index contributed by atoms with van der Waals surface area (Å²) >= 11 is 0. The summed E-state index contributed by atoms with van der Waals surface area (Å²) in [7, 11) is -4.23. The molecule has 13 heteroatoms. The summed E-state index contributed by atoms with van der Waals surface area (Å²) < 4.78 is 33.0. The Labute approximate surface area is 436 Å². The first kappa shape index (κ1) is 76.4. The number of aliphatic carboxylic acids is 1. The number of aliphatic hydroxyl groups excluding tert-OH is 4. The van der Waals surface area contributed by atoms with Gasteiger partial charge in [0, 0.05) is 13.0 Å². The molecule has 0 aromatic rings. The van der Waals surface area contributed by atoms with Gasteiger partial charge in [0.15, 0.2) is 0 Å². The molecule has 0 aromatic carbocycles. The number of aliphatic hydroxyl groups is 4. The molecule has 10 nitrogen and oxygen atoms in total. The molecular formula is C51H111MgNaO10S. The molecule has 0 aliphatic carbocycles. The molecule has 6 N–H and O–H groups in total. The summed E-state index contributed by atoms with van der Waals surface area (Å²) in [5, 5.41) is 41.2. The number of hydrogen-bond donors (Lipinski definition) is 6. The van der Waals surface area contributed by atoms with Gasteiger partial charge in [0.05, 0.1) is 19.8 Å². The van der Waals surface area contributed by atoms with Crippen LogP contribution in [0.5, 0.6) is 0 Å². The average molecular weight is 964 g/mol. The Morgan fingerprint density at radius 3 is 0.828 bits per heavy atom. The third kappa shape index (κ3) is 89.5. The van der Waals surface area contributed by atoms with Crippen molar-refractivity contribution in [2.75, 3.05) is 26.4 Å². The summed E-state index contributed by atoms with van der Waals surface area (Å²) in [6, 6.07) is 0. The first-order valence-corrected chi connectivity index (χ1v) is 27.8. The van der Waals surface area contributed by atoms with E-state index in [1.54, 1.807) is 0 Å². The van der Waals surface area contributed by atoms with E-state index in [0.717, 1.165) is 32.1 Å². The zero-order valence-corrected chi connectivity index (χ0v) is 42.1. The number of rotatable bonds is 46. The van der Waals surface area contributed by atoms with E-state index in [0.29, 0.717) is 19.4 Å². The van der Waals surface area contributed by atoms with Crippen molar-refractivity contribution in [3.8, 4) is 0 Å². The second-order valence-corrected chi connectivity index (χ2v) is 18.7. The molecule has 0 heterocycles. The van der Waals surface area contributed by atoms with Crippen LogP contribution in [0.3, 0.4) is 0 Å². The van der Waals surface area contributed by atoms with Gasteiger partial charge in [-0.2, -0.15) is 8.42 Å². The normalized spacial score (nSPS) is 10.8. The van der Waals surface area contributed by atoms with Crippen molar-refractivity contribution in [1.29, 1.82) is 0 Å². The molecule has 0 aliphatic heterocycles. The fourth-order valence-electron chi connectivity index (χ4n) is 7.12. The molecule has 0 radical (unpaired) electrons. The number of hydrogen-bond acceptors (Lipinski definition) is 8. The van der Waals surface area contributed by atoms with Crippen LogP contribution in [0.1, 0.15) is 290 Å². The molecular weight excluding hydrogens is 852 g/mol. The molecule has 0 amide bonds. The second kappa shape index (κ2) is 70.5. The summed E-state index contributed by atoms with van der Waals surface area (Å²) in [6.45, 7) is 6.51. The van der Waals surface area contributed by atoms with Crippen LogP contribution in [0.2, 0.25) is 0 Å². The van der Waals surface area contributed by atoms with E-state index in [9.17, 15) is 13.2 Å². The Bertz CT molecular complexity index is 885. The van der Waals surface area contributed by atoms with E-state index in [4.69, 9.17) is 30.1 Å². The zero-order chi connectivity index (χ0) is 46.9. The van der Waals surface area contributed by atoms with Gasteiger partial charge in [-0.3, -0.25) is 9.35 Å². The molecule has 0 saturated heterocycles. The van der Waals surface area contributed by atoms with Gasteiger partial charge in [-0.25, -0.2) is 4.18 Å². The van der Waals surface area contributed by atoms with Crippen molar-refractivity contribution in [2.45, 2.75) is 297 Å². The van der Waals surface area contributed by atoms with Crippen LogP contribution in [-0.4, -0.2) is 130 Å². The molecule has 384 valence electrons. The van der Waals surface area contributed by atoms with Gasteiger partial charge >= 0.3 is 69.0 Å². The molecule has 0 fully saturated rings. The molecule has 0 aliphatic rings. The maximum atomic E-state index is 10.3. The van der Waals surface area contributed by atoms with Crippen molar-refractivity contribution in [3.63, 3.8) is 0 Å². The monoisotopic (exact) mass is 963 g/mol. The predicted octanol–water partition coefficient (Wildman–Crippen LogP) is 13.1. The van der Waals surface area contributed by atoms with Crippen LogP contribution in [0.15, 0.2) is 0 Å². The predicted molar refractivity (Wildman–Crippen MR) is 279 cm³/mol. The van der Waals surface area contributed by atoms with E-state index in [1.165, 1.54) is 225 Å². The van der Waals surface area contributed by atoms with Crippen molar-refractivity contribution in [1.82, 2.24) is 0 Å². The number of carboxylic acid groups (broad SMARTS) is 1. The van der Waals surface area contributed by atoms with E-state index in [-0.39, 0.29) is 72.4 Å². The van der Waals surface area contributed by atoms with Crippen LogP contribution < -0.4 is 0 Å². The third-order valence-corrected chi connectivity index (χ3v) is 11.6. The van der Waals surface area contributed by atoms with Gasteiger partial charge in [0.25, 0.3) is 0 Å². The van der Waals surface area contributed by atoms with Crippen LogP contribution in [0.25, 0.3) is 0 Å². The van der Waals surface area contributed by atoms with Crippen LogP contribution in [-0.2, 0) is 19.4 Å². The molecule has 0 unspecified atom stereocenters. The van der Waals surface area contributed by atoms with Crippen LogP contribution in [0, 0.1) is 0 Å². The SMILES string of the molecule is CCCCCCCCCCCCCCCCCC(=O)O.CCCCCCCCCCCCCCCCCCO.CCCCCCCCCCCCOS(=O)(=O)O.OCC(O)CO.[MgH2].[NaH]. The first-order valence-electron chi connectivity index (χ1n) is 26.4. The van der Waals surface area contributed by atoms with Crippen LogP contribution in [0.4, 0.5) is 0 Å². The van der Waals surface area contributed by atoms with Gasteiger partial charge < -0.3 is 25.5 Å². The number of carbonyl (C=O) groups is 1. The van der Waals surface area contributed by atoms with Gasteiger partial charge in [-0.15, -0.1) is 0 Å².